The summed E-state index contributed by atoms with van der Waals surface area (Å²) in [6.45, 7) is 0. The molecule has 0 aliphatic carbocycles. The van der Waals surface area contributed by atoms with Crippen LogP contribution in [-0.4, -0.2) is 8.42 Å². The van der Waals surface area contributed by atoms with E-state index in [1.54, 1.807) is 18.2 Å². The van der Waals surface area contributed by atoms with E-state index in [0.29, 0.717) is 8.95 Å². The first-order chi connectivity index (χ1) is 9.83. The van der Waals surface area contributed by atoms with Crippen molar-refractivity contribution < 1.29 is 12.8 Å². The van der Waals surface area contributed by atoms with Crippen molar-refractivity contribution in [2.75, 3.05) is 4.72 Å². The Morgan fingerprint density at radius 3 is 2.52 bits per heavy atom. The highest BCUT2D eigenvalue weighted by Gasteiger charge is 2.19. The van der Waals surface area contributed by atoms with Gasteiger partial charge in [0.05, 0.1) is 11.3 Å². The van der Waals surface area contributed by atoms with Gasteiger partial charge in [0.15, 0.2) is 0 Å². The lowest BCUT2D eigenvalue weighted by atomic mass is 10.2. The lowest BCUT2D eigenvalue weighted by molar-refractivity contribution is 0.600. The summed E-state index contributed by atoms with van der Waals surface area (Å²) < 4.78 is 41.0. The maximum Gasteiger partial charge on any atom is 0.263 e. The van der Waals surface area contributed by atoms with Gasteiger partial charge in [-0.3, -0.25) is 4.72 Å². The Hall–Kier alpha value is -1.43. The molecule has 0 aliphatic rings. The summed E-state index contributed by atoms with van der Waals surface area (Å²) in [4.78, 5) is 0.00471. The molecule has 108 valence electrons. The Bertz CT molecular complexity index is 848. The number of rotatable bonds is 3. The predicted octanol–water partition coefficient (Wildman–Crippen LogP) is 4.02. The van der Waals surface area contributed by atoms with E-state index in [0.717, 1.165) is 12.1 Å². The second kappa shape index (κ2) is 6.13. The third-order valence-electron chi connectivity index (χ3n) is 2.53. The quantitative estimate of drug-likeness (QED) is 0.794. The lowest BCUT2D eigenvalue weighted by Crippen LogP contribution is -2.14. The van der Waals surface area contributed by atoms with E-state index in [1.807, 2.05) is 0 Å². The molecule has 2 aromatic carbocycles. The van der Waals surface area contributed by atoms with Crippen molar-refractivity contribution in [3.8, 4) is 6.07 Å². The Labute approximate surface area is 137 Å². The van der Waals surface area contributed by atoms with Gasteiger partial charge in [-0.2, -0.15) is 5.26 Å². The molecule has 21 heavy (non-hydrogen) atoms. The second-order valence-electron chi connectivity index (χ2n) is 3.98. The zero-order valence-electron chi connectivity index (χ0n) is 10.3. The van der Waals surface area contributed by atoms with E-state index >= 15 is 0 Å². The molecule has 2 rings (SSSR count). The lowest BCUT2D eigenvalue weighted by Gasteiger charge is -2.11. The minimum absolute atomic E-state index is 0.00471. The summed E-state index contributed by atoms with van der Waals surface area (Å²) in [5, 5.41) is 8.94. The van der Waals surface area contributed by atoms with E-state index in [2.05, 4.69) is 36.6 Å². The molecular weight excluding hydrogens is 427 g/mol. The molecule has 0 saturated carbocycles. The van der Waals surface area contributed by atoms with Crippen LogP contribution >= 0.6 is 31.9 Å². The van der Waals surface area contributed by atoms with Crippen LogP contribution in [0.25, 0.3) is 0 Å². The number of hydrogen-bond acceptors (Lipinski definition) is 3. The van der Waals surface area contributed by atoms with Crippen molar-refractivity contribution >= 4 is 47.6 Å². The van der Waals surface area contributed by atoms with Crippen molar-refractivity contribution in [1.29, 1.82) is 5.26 Å². The fourth-order valence-electron chi connectivity index (χ4n) is 1.58. The van der Waals surface area contributed by atoms with E-state index in [4.69, 9.17) is 5.26 Å². The van der Waals surface area contributed by atoms with Gasteiger partial charge in [0, 0.05) is 8.95 Å². The van der Waals surface area contributed by atoms with Crippen LogP contribution < -0.4 is 4.72 Å². The number of halogens is 3. The van der Waals surface area contributed by atoms with Crippen LogP contribution in [0.5, 0.6) is 0 Å². The smallest absolute Gasteiger partial charge is 0.263 e. The first-order valence-electron chi connectivity index (χ1n) is 5.51. The van der Waals surface area contributed by atoms with Gasteiger partial charge in [0.25, 0.3) is 10.0 Å². The van der Waals surface area contributed by atoms with E-state index < -0.39 is 15.8 Å². The molecule has 0 heterocycles. The minimum Gasteiger partial charge on any atom is -0.278 e. The summed E-state index contributed by atoms with van der Waals surface area (Å²) in [5.74, 6) is -0.613. The van der Waals surface area contributed by atoms with Gasteiger partial charge in [-0.25, -0.2) is 12.8 Å². The highest BCUT2D eigenvalue weighted by atomic mass is 79.9. The maximum absolute atomic E-state index is 13.1. The highest BCUT2D eigenvalue weighted by Crippen LogP contribution is 2.28. The third-order valence-corrected chi connectivity index (χ3v) is 5.38. The molecule has 0 spiro atoms. The van der Waals surface area contributed by atoms with Crippen molar-refractivity contribution in [2.45, 2.75) is 4.90 Å². The van der Waals surface area contributed by atoms with Crippen LogP contribution in [-0.2, 0) is 10.0 Å². The summed E-state index contributed by atoms with van der Waals surface area (Å²) in [7, 11) is -3.91. The molecule has 0 amide bonds. The zero-order valence-corrected chi connectivity index (χ0v) is 14.3. The van der Waals surface area contributed by atoms with E-state index in [1.165, 1.54) is 12.1 Å². The standard InChI is InChI=1S/C13H7Br2FN2O2S/c14-9-1-3-11(15)13(6-9)21(19,20)18-12-4-2-10(16)5-8(12)7-17/h1-6,18H. The zero-order chi connectivity index (χ0) is 15.6. The van der Waals surface area contributed by atoms with Crippen molar-refractivity contribution in [2.24, 2.45) is 0 Å². The number of nitrogens with zero attached hydrogens (tertiary/aromatic N) is 1. The minimum atomic E-state index is -3.91. The monoisotopic (exact) mass is 432 g/mol. The van der Waals surface area contributed by atoms with Crippen LogP contribution in [0, 0.1) is 17.1 Å². The average molecular weight is 434 g/mol. The van der Waals surface area contributed by atoms with E-state index in [-0.39, 0.29) is 16.1 Å². The number of nitriles is 1. The van der Waals surface area contributed by atoms with Crippen LogP contribution in [0.3, 0.4) is 0 Å². The summed E-state index contributed by atoms with van der Waals surface area (Å²) in [6.07, 6.45) is 0. The first-order valence-corrected chi connectivity index (χ1v) is 8.58. The van der Waals surface area contributed by atoms with Gasteiger partial charge >= 0.3 is 0 Å². The van der Waals surface area contributed by atoms with Crippen molar-refractivity contribution in [3.63, 3.8) is 0 Å². The van der Waals surface area contributed by atoms with Crippen LogP contribution in [0.15, 0.2) is 50.2 Å². The molecule has 0 radical (unpaired) electrons. The van der Waals surface area contributed by atoms with Gasteiger partial charge in [-0.15, -0.1) is 0 Å². The molecule has 0 fully saturated rings. The van der Waals surface area contributed by atoms with Gasteiger partial charge in [-0.1, -0.05) is 15.9 Å². The average Bonchev–Trinajstić information content (AvgIpc) is 2.43. The Balaban J connectivity index is 2.48. The van der Waals surface area contributed by atoms with Gasteiger partial charge in [-0.05, 0) is 52.3 Å². The predicted molar refractivity (Wildman–Crippen MR) is 83.8 cm³/mol. The number of nitrogens with one attached hydrogen (secondary N) is 1. The van der Waals surface area contributed by atoms with Crippen molar-refractivity contribution in [1.82, 2.24) is 0 Å². The maximum atomic E-state index is 13.1. The van der Waals surface area contributed by atoms with Crippen molar-refractivity contribution in [3.05, 3.63) is 56.7 Å². The summed E-state index contributed by atoms with van der Waals surface area (Å²) >= 11 is 6.36. The number of hydrogen-bond donors (Lipinski definition) is 1. The molecule has 0 bridgehead atoms. The SMILES string of the molecule is N#Cc1cc(F)ccc1NS(=O)(=O)c1cc(Br)ccc1Br. The fraction of sp³-hybridized carbons (Fsp3) is 0. The normalized spacial score (nSPS) is 11.0. The molecule has 0 atom stereocenters. The third kappa shape index (κ3) is 3.61. The highest BCUT2D eigenvalue weighted by molar-refractivity contribution is 9.11. The largest absolute Gasteiger partial charge is 0.278 e. The number of anilines is 1. The molecule has 0 unspecified atom stereocenters. The van der Waals surface area contributed by atoms with Crippen LogP contribution in [0.2, 0.25) is 0 Å². The van der Waals surface area contributed by atoms with Gasteiger partial charge < -0.3 is 0 Å². The fourth-order valence-corrected chi connectivity index (χ4v) is 4.16. The number of benzene rings is 2. The topological polar surface area (TPSA) is 70.0 Å². The molecule has 8 heteroatoms. The number of sulfonamides is 1. The Morgan fingerprint density at radius 1 is 1.14 bits per heavy atom. The molecule has 2 aromatic rings. The summed E-state index contributed by atoms with van der Waals surface area (Å²) in [5.41, 5.74) is -0.0736. The molecular formula is C13H7Br2FN2O2S. The van der Waals surface area contributed by atoms with E-state index in [9.17, 15) is 12.8 Å². The molecule has 1 N–H and O–H groups in total. The van der Waals surface area contributed by atoms with Gasteiger partial charge in [0.1, 0.15) is 16.8 Å². The molecule has 4 nitrogen and oxygen atoms in total. The van der Waals surface area contributed by atoms with Crippen LogP contribution in [0.1, 0.15) is 5.56 Å². The Kier molecular flexibility index (Phi) is 4.66. The first kappa shape index (κ1) is 15.9. The Morgan fingerprint density at radius 2 is 1.86 bits per heavy atom. The molecule has 0 saturated heterocycles. The summed E-state index contributed by atoms with van der Waals surface area (Å²) in [6, 6.07) is 9.68. The molecule has 0 aliphatic heterocycles. The second-order valence-corrected chi connectivity index (χ2v) is 7.40. The molecule has 0 aromatic heterocycles. The van der Waals surface area contributed by atoms with Gasteiger partial charge in [0.2, 0.25) is 0 Å². The van der Waals surface area contributed by atoms with Crippen LogP contribution in [0.4, 0.5) is 10.1 Å².